The molecule has 0 radical (unpaired) electrons. The summed E-state index contributed by atoms with van der Waals surface area (Å²) in [5.41, 5.74) is 2.22. The Balaban J connectivity index is 2.57. The molecule has 0 saturated carbocycles. The zero-order valence-electron chi connectivity index (χ0n) is 7.24. The Morgan fingerprint density at radius 3 is 3.15 bits per heavy atom. The summed E-state index contributed by atoms with van der Waals surface area (Å²) >= 11 is 1.60. The van der Waals surface area contributed by atoms with Crippen molar-refractivity contribution in [3.63, 3.8) is 0 Å². The van der Waals surface area contributed by atoms with Gasteiger partial charge in [0.1, 0.15) is 5.01 Å². The van der Waals surface area contributed by atoms with Gasteiger partial charge in [-0.1, -0.05) is 6.07 Å². The van der Waals surface area contributed by atoms with E-state index in [4.69, 9.17) is 5.26 Å². The normalized spacial score (nSPS) is 10.2. The quantitative estimate of drug-likeness (QED) is 0.689. The zero-order valence-corrected chi connectivity index (χ0v) is 8.06. The van der Waals surface area contributed by atoms with E-state index in [1.807, 2.05) is 13.0 Å². The lowest BCUT2D eigenvalue weighted by Crippen LogP contribution is -1.76. The third kappa shape index (κ3) is 1.53. The summed E-state index contributed by atoms with van der Waals surface area (Å²) in [6.07, 6.45) is 0.415. The number of benzene rings is 1. The second-order valence-corrected chi connectivity index (χ2v) is 4.03. The van der Waals surface area contributed by atoms with E-state index in [2.05, 4.69) is 23.2 Å². The highest BCUT2D eigenvalue weighted by Crippen LogP contribution is 2.22. The average molecular weight is 188 g/mol. The van der Waals surface area contributed by atoms with Crippen LogP contribution in [0.15, 0.2) is 18.2 Å². The molecule has 2 nitrogen and oxygen atoms in total. The number of aromatic nitrogens is 1. The molecule has 0 saturated heterocycles. The fraction of sp³-hybridized carbons (Fsp3) is 0.200. The largest absolute Gasteiger partial charge is 0.240 e. The van der Waals surface area contributed by atoms with Gasteiger partial charge in [-0.3, -0.25) is 0 Å². The number of thiazole rings is 1. The van der Waals surface area contributed by atoms with Gasteiger partial charge in [0.2, 0.25) is 0 Å². The van der Waals surface area contributed by atoms with Crippen molar-refractivity contribution in [1.29, 1.82) is 5.26 Å². The van der Waals surface area contributed by atoms with Crippen molar-refractivity contribution in [3.05, 3.63) is 28.8 Å². The summed E-state index contributed by atoms with van der Waals surface area (Å²) in [6, 6.07) is 8.28. The first-order valence-corrected chi connectivity index (χ1v) is 4.84. The molecular formula is C10H8N2S. The van der Waals surface area contributed by atoms with Crippen LogP contribution in [0.3, 0.4) is 0 Å². The number of nitrogens with zero attached hydrogens (tertiary/aromatic N) is 2. The van der Waals surface area contributed by atoms with Crippen molar-refractivity contribution < 1.29 is 0 Å². The van der Waals surface area contributed by atoms with Gasteiger partial charge in [-0.2, -0.15) is 5.26 Å². The minimum Gasteiger partial charge on any atom is -0.240 e. The molecule has 0 N–H and O–H groups in total. The van der Waals surface area contributed by atoms with Crippen LogP contribution < -0.4 is 0 Å². The molecule has 0 bridgehead atoms. The van der Waals surface area contributed by atoms with Gasteiger partial charge in [-0.25, -0.2) is 4.98 Å². The molecule has 0 aliphatic rings. The molecule has 0 spiro atoms. The second kappa shape index (κ2) is 3.15. The molecule has 0 aliphatic carbocycles. The molecule has 0 fully saturated rings. The monoisotopic (exact) mass is 188 g/mol. The molecular weight excluding hydrogens is 180 g/mol. The predicted molar refractivity (Wildman–Crippen MR) is 53.7 cm³/mol. The van der Waals surface area contributed by atoms with Gasteiger partial charge in [0.05, 0.1) is 22.7 Å². The van der Waals surface area contributed by atoms with E-state index in [9.17, 15) is 0 Å². The van der Waals surface area contributed by atoms with Crippen LogP contribution in [-0.2, 0) is 6.42 Å². The Bertz CT molecular complexity index is 479. The molecule has 0 amide bonds. The molecule has 1 aromatic carbocycles. The van der Waals surface area contributed by atoms with E-state index in [0.717, 1.165) is 15.2 Å². The van der Waals surface area contributed by atoms with Gasteiger partial charge in [0, 0.05) is 0 Å². The topological polar surface area (TPSA) is 36.7 Å². The van der Waals surface area contributed by atoms with Crippen LogP contribution in [0.4, 0.5) is 0 Å². The number of hydrogen-bond acceptors (Lipinski definition) is 3. The average Bonchev–Trinajstić information content (AvgIpc) is 2.46. The fourth-order valence-electron chi connectivity index (χ4n) is 1.23. The van der Waals surface area contributed by atoms with E-state index in [1.165, 1.54) is 5.56 Å². The van der Waals surface area contributed by atoms with Crippen LogP contribution in [0.25, 0.3) is 10.2 Å². The van der Waals surface area contributed by atoms with Crippen LogP contribution in [0.2, 0.25) is 0 Å². The maximum absolute atomic E-state index is 8.52. The minimum atomic E-state index is 0.415. The molecule has 64 valence electrons. The molecule has 13 heavy (non-hydrogen) atoms. The third-order valence-electron chi connectivity index (χ3n) is 1.82. The Labute approximate surface area is 80.5 Å². The summed E-state index contributed by atoms with van der Waals surface area (Å²) in [7, 11) is 0. The molecule has 1 aromatic heterocycles. The maximum Gasteiger partial charge on any atom is 0.108 e. The van der Waals surface area contributed by atoms with Gasteiger partial charge < -0.3 is 0 Å². The Hall–Kier alpha value is -1.40. The smallest absolute Gasteiger partial charge is 0.108 e. The highest BCUT2D eigenvalue weighted by Gasteiger charge is 2.02. The fourth-order valence-corrected chi connectivity index (χ4v) is 2.11. The van der Waals surface area contributed by atoms with Gasteiger partial charge in [0.25, 0.3) is 0 Å². The molecule has 0 unspecified atom stereocenters. The first-order chi connectivity index (χ1) is 6.29. The van der Waals surface area contributed by atoms with Crippen LogP contribution in [0, 0.1) is 18.3 Å². The van der Waals surface area contributed by atoms with Gasteiger partial charge >= 0.3 is 0 Å². The number of hydrogen-bond donors (Lipinski definition) is 0. The standard InChI is InChI=1S/C10H8N2S/c1-7-2-3-9-8(6-7)12-10(13-9)4-5-11/h2-3,6H,4H2,1H3. The van der Waals surface area contributed by atoms with E-state index in [-0.39, 0.29) is 0 Å². The van der Waals surface area contributed by atoms with Gasteiger partial charge in [-0.05, 0) is 24.6 Å². The van der Waals surface area contributed by atoms with E-state index in [1.54, 1.807) is 11.3 Å². The summed E-state index contributed by atoms with van der Waals surface area (Å²) < 4.78 is 1.16. The first-order valence-electron chi connectivity index (χ1n) is 4.02. The number of aryl methyl sites for hydroxylation is 1. The summed E-state index contributed by atoms with van der Waals surface area (Å²) in [5, 5.41) is 9.42. The van der Waals surface area contributed by atoms with Crippen LogP contribution in [0.1, 0.15) is 10.6 Å². The van der Waals surface area contributed by atoms with Crippen molar-refractivity contribution in [2.75, 3.05) is 0 Å². The van der Waals surface area contributed by atoms with Crippen LogP contribution in [0.5, 0.6) is 0 Å². The van der Waals surface area contributed by atoms with Crippen molar-refractivity contribution in [2.24, 2.45) is 0 Å². The van der Waals surface area contributed by atoms with Crippen LogP contribution in [-0.4, -0.2) is 4.98 Å². The Morgan fingerprint density at radius 1 is 1.54 bits per heavy atom. The lowest BCUT2D eigenvalue weighted by atomic mass is 10.2. The number of rotatable bonds is 1. The first kappa shape index (κ1) is 8.21. The lowest BCUT2D eigenvalue weighted by Gasteiger charge is -1.88. The van der Waals surface area contributed by atoms with E-state index >= 15 is 0 Å². The van der Waals surface area contributed by atoms with Crippen molar-refractivity contribution in [1.82, 2.24) is 4.98 Å². The summed E-state index contributed by atoms with van der Waals surface area (Å²) in [5.74, 6) is 0. The minimum absolute atomic E-state index is 0.415. The molecule has 3 heteroatoms. The number of nitriles is 1. The molecule has 1 heterocycles. The molecule has 0 atom stereocenters. The summed E-state index contributed by atoms with van der Waals surface area (Å²) in [6.45, 7) is 2.04. The third-order valence-corrected chi connectivity index (χ3v) is 2.85. The van der Waals surface area contributed by atoms with Gasteiger partial charge in [-0.15, -0.1) is 11.3 Å². The van der Waals surface area contributed by atoms with Crippen molar-refractivity contribution in [3.8, 4) is 6.07 Å². The predicted octanol–water partition coefficient (Wildman–Crippen LogP) is 2.67. The van der Waals surface area contributed by atoms with E-state index in [0.29, 0.717) is 6.42 Å². The van der Waals surface area contributed by atoms with Gasteiger partial charge in [0.15, 0.2) is 0 Å². The zero-order chi connectivity index (χ0) is 9.26. The molecule has 2 aromatic rings. The molecule has 2 rings (SSSR count). The Morgan fingerprint density at radius 2 is 2.38 bits per heavy atom. The van der Waals surface area contributed by atoms with Crippen LogP contribution >= 0.6 is 11.3 Å². The number of fused-ring (bicyclic) bond motifs is 1. The molecule has 0 aliphatic heterocycles. The Kier molecular flexibility index (Phi) is 1.99. The lowest BCUT2D eigenvalue weighted by molar-refractivity contribution is 1.21. The second-order valence-electron chi connectivity index (χ2n) is 2.91. The SMILES string of the molecule is Cc1ccc2sc(CC#N)nc2c1. The van der Waals surface area contributed by atoms with Crippen molar-refractivity contribution >= 4 is 21.6 Å². The highest BCUT2D eigenvalue weighted by molar-refractivity contribution is 7.18. The summed E-state index contributed by atoms with van der Waals surface area (Å²) in [4.78, 5) is 4.36. The van der Waals surface area contributed by atoms with E-state index < -0.39 is 0 Å². The highest BCUT2D eigenvalue weighted by atomic mass is 32.1. The maximum atomic E-state index is 8.52. The van der Waals surface area contributed by atoms with Crippen molar-refractivity contribution in [2.45, 2.75) is 13.3 Å².